The van der Waals surface area contributed by atoms with Crippen LogP contribution in [-0.4, -0.2) is 23.1 Å². The van der Waals surface area contributed by atoms with E-state index in [0.29, 0.717) is 0 Å². The minimum atomic E-state index is 0. The largest absolute Gasteiger partial charge is 0.231 e. The molecule has 0 aliphatic carbocycles. The summed E-state index contributed by atoms with van der Waals surface area (Å²) in [6, 6.07) is 0. The van der Waals surface area contributed by atoms with Crippen LogP contribution in [-0.2, 0) is 9.59 Å². The molecule has 0 saturated carbocycles. The maximum absolute atomic E-state index is 8.35. The van der Waals surface area contributed by atoms with E-state index in [0.717, 1.165) is 12.2 Å². The van der Waals surface area contributed by atoms with Crippen LogP contribution in [0.1, 0.15) is 14.9 Å². The number of isocyanates is 2. The molecule has 0 saturated heterocycles. The summed E-state index contributed by atoms with van der Waals surface area (Å²) in [6.45, 7) is 0. The van der Waals surface area contributed by atoms with Gasteiger partial charge in [0.1, 0.15) is 0 Å². The molecule has 0 atom stereocenters. The quantitative estimate of drug-likeness (QED) is 0.280. The Morgan fingerprint density at radius 1 is 0.889 bits per heavy atom. The van der Waals surface area contributed by atoms with E-state index in [1.165, 1.54) is 0 Å². The normalized spacial score (nSPS) is 1.78. The van der Waals surface area contributed by atoms with Crippen molar-refractivity contribution in [3.8, 4) is 0 Å². The van der Waals surface area contributed by atoms with Crippen molar-refractivity contribution in [2.45, 2.75) is 14.9 Å². The van der Waals surface area contributed by atoms with E-state index in [2.05, 4.69) is 0 Å². The van der Waals surface area contributed by atoms with Crippen LogP contribution in [0.4, 0.5) is 0 Å². The van der Waals surface area contributed by atoms with Gasteiger partial charge >= 0.3 is 0 Å². The van der Waals surface area contributed by atoms with E-state index in [9.17, 15) is 0 Å². The van der Waals surface area contributed by atoms with Crippen molar-refractivity contribution in [1.82, 2.24) is 0 Å². The molecule has 0 aromatic heterocycles. The van der Waals surface area contributed by atoms with E-state index in [-0.39, 0.29) is 25.8 Å². The lowest BCUT2D eigenvalue weighted by molar-refractivity contribution is 0.562. The Balaban J connectivity index is -0.00000000889. The van der Waals surface area contributed by atoms with Crippen LogP contribution >= 0.6 is 0 Å². The van der Waals surface area contributed by atoms with Gasteiger partial charge in [0, 0.05) is 0 Å². The molecular weight excluding hydrogens is 136 g/mol. The van der Waals surface area contributed by atoms with Crippen molar-refractivity contribution in [2.75, 3.05) is 0 Å². The maximum Gasteiger partial charge on any atom is 0.231 e. The standard InChI is InChI=1S/2CHNO.2CH4.H4Si/c2*2-1-3;;;/h2*2H;3*1H4. The molecule has 0 heterocycles. The molecule has 2 N–H and O–H groups in total. The summed E-state index contributed by atoms with van der Waals surface area (Å²) in [5.74, 6) is 0. The minimum Gasteiger partial charge on any atom is -0.222 e. The zero-order valence-electron chi connectivity index (χ0n) is 2.82. The van der Waals surface area contributed by atoms with Gasteiger partial charge in [-0.3, -0.25) is 0 Å². The van der Waals surface area contributed by atoms with Crippen molar-refractivity contribution in [3.05, 3.63) is 0 Å². The Kier molecular flexibility index (Phi) is 1270. The van der Waals surface area contributed by atoms with Crippen LogP contribution in [0.3, 0.4) is 0 Å². The molecule has 5 heteroatoms. The predicted molar refractivity (Wildman–Crippen MR) is 41.6 cm³/mol. The van der Waals surface area contributed by atoms with Gasteiger partial charge in [-0.05, 0) is 11.0 Å². The number of rotatable bonds is 0. The Bertz CT molecular complexity index is 70.6. The number of carbonyl (C=O) groups excluding carboxylic acids is 2. The second kappa shape index (κ2) is 261. The number of hydrogen-bond donors (Lipinski definition) is 2. The molecule has 0 unspecified atom stereocenters. The fourth-order valence-corrected chi connectivity index (χ4v) is 0. The van der Waals surface area contributed by atoms with Crippen molar-refractivity contribution in [1.29, 1.82) is 10.8 Å². The summed E-state index contributed by atoms with van der Waals surface area (Å²) >= 11 is 0. The first-order valence-electron chi connectivity index (χ1n) is 0.908. The second-order valence-electron chi connectivity index (χ2n) is 0.204. The van der Waals surface area contributed by atoms with E-state index < -0.39 is 0 Å². The summed E-state index contributed by atoms with van der Waals surface area (Å²) in [6.07, 6.45) is 1.50. The second-order valence-corrected chi connectivity index (χ2v) is 0.204. The first-order chi connectivity index (χ1) is 2.83. The van der Waals surface area contributed by atoms with Gasteiger partial charge in [0.15, 0.2) is 0 Å². The summed E-state index contributed by atoms with van der Waals surface area (Å²) in [5, 5.41) is 10.8. The fourth-order valence-electron chi connectivity index (χ4n) is 0. The van der Waals surface area contributed by atoms with E-state index in [4.69, 9.17) is 20.4 Å². The van der Waals surface area contributed by atoms with Gasteiger partial charge in [0.05, 0.1) is 0 Å². The fraction of sp³-hybridized carbons (Fsp3) is 0.500. The van der Waals surface area contributed by atoms with Gasteiger partial charge in [0.2, 0.25) is 12.2 Å². The van der Waals surface area contributed by atoms with Crippen LogP contribution in [0.25, 0.3) is 0 Å². The average Bonchev–Trinajstić information content (AvgIpc) is 1.39. The van der Waals surface area contributed by atoms with Gasteiger partial charge in [-0.1, -0.05) is 14.9 Å². The predicted octanol–water partition coefficient (Wildman–Crippen LogP) is -0.377. The van der Waals surface area contributed by atoms with Gasteiger partial charge in [-0.2, -0.15) is 0 Å². The molecule has 0 aliphatic heterocycles. The van der Waals surface area contributed by atoms with Gasteiger partial charge in [-0.25, -0.2) is 20.4 Å². The molecule has 56 valence electrons. The molecule has 0 radical (unpaired) electrons. The third kappa shape index (κ3) is 165. The molecule has 0 spiro atoms. The molecule has 0 aliphatic rings. The Hall–Kier alpha value is -1.02. The summed E-state index contributed by atoms with van der Waals surface area (Å²) in [4.78, 5) is 16.7. The van der Waals surface area contributed by atoms with E-state index >= 15 is 0 Å². The molecule has 0 aromatic carbocycles. The number of nitrogens with one attached hydrogen (secondary N) is 2. The van der Waals surface area contributed by atoms with Crippen molar-refractivity contribution < 1.29 is 9.59 Å². The highest BCUT2D eigenvalue weighted by molar-refractivity contribution is 5.75. The van der Waals surface area contributed by atoms with Crippen LogP contribution in [0.5, 0.6) is 0 Å². The molecule has 0 fully saturated rings. The first kappa shape index (κ1) is 43.8. The summed E-state index contributed by atoms with van der Waals surface area (Å²) < 4.78 is 0. The summed E-state index contributed by atoms with van der Waals surface area (Å²) in [5.41, 5.74) is 0. The lowest BCUT2D eigenvalue weighted by Gasteiger charge is -1.02. The minimum absolute atomic E-state index is 0. The monoisotopic (exact) mass is 150 g/mol. The summed E-state index contributed by atoms with van der Waals surface area (Å²) in [7, 11) is 0. The van der Waals surface area contributed by atoms with Crippen molar-refractivity contribution in [2.24, 2.45) is 0 Å². The van der Waals surface area contributed by atoms with Gasteiger partial charge < -0.3 is 0 Å². The van der Waals surface area contributed by atoms with Crippen molar-refractivity contribution >= 4 is 23.1 Å². The first-order valence-corrected chi connectivity index (χ1v) is 0.908. The number of hydrogen-bond acceptors (Lipinski definition) is 4. The molecule has 0 aromatic rings. The van der Waals surface area contributed by atoms with E-state index in [1.807, 2.05) is 0 Å². The van der Waals surface area contributed by atoms with Gasteiger partial charge in [-0.15, -0.1) is 0 Å². The van der Waals surface area contributed by atoms with Crippen LogP contribution in [0.2, 0.25) is 0 Å². The Morgan fingerprint density at radius 3 is 0.889 bits per heavy atom. The van der Waals surface area contributed by atoms with Crippen molar-refractivity contribution in [3.63, 3.8) is 0 Å². The maximum atomic E-state index is 8.35. The highest BCUT2D eigenvalue weighted by atomic mass is 28.1. The zero-order chi connectivity index (χ0) is 5.41. The van der Waals surface area contributed by atoms with E-state index in [1.54, 1.807) is 0 Å². The van der Waals surface area contributed by atoms with Crippen LogP contribution in [0, 0.1) is 10.8 Å². The smallest absolute Gasteiger partial charge is 0.222 e. The molecular formula is C4H14N2O2Si. The average molecular weight is 150 g/mol. The van der Waals surface area contributed by atoms with Gasteiger partial charge in [0.25, 0.3) is 0 Å². The molecule has 9 heavy (non-hydrogen) atoms. The Morgan fingerprint density at radius 2 is 0.889 bits per heavy atom. The highest BCUT2D eigenvalue weighted by Gasteiger charge is 1.04. The molecule has 0 amide bonds. The lowest BCUT2D eigenvalue weighted by Crippen LogP contribution is -1.16. The van der Waals surface area contributed by atoms with Crippen LogP contribution < -0.4 is 0 Å². The zero-order valence-corrected chi connectivity index (χ0v) is 2.82. The topological polar surface area (TPSA) is 81.8 Å². The molecule has 4 nitrogen and oxygen atoms in total. The Labute approximate surface area is 59.3 Å². The van der Waals surface area contributed by atoms with Crippen LogP contribution in [0.15, 0.2) is 0 Å². The lowest BCUT2D eigenvalue weighted by atomic mass is 11.7. The molecule has 0 rings (SSSR count). The highest BCUT2D eigenvalue weighted by Crippen LogP contribution is 0.871. The third-order valence-corrected chi connectivity index (χ3v) is 0. The third-order valence-electron chi connectivity index (χ3n) is 0. The SMILES string of the molecule is C.C.N=C=O.N=C=O.[SiH4]. The molecule has 0 bridgehead atoms.